The highest BCUT2D eigenvalue weighted by Crippen LogP contribution is 2.22. The standard InChI is InChI=1S/C17H23N3O/c1-4-7-13-8-6-9-14(12-13)17(18-5-2)15-10-11-16(21-3)20-19-15/h6,8-12,17-18H,4-5,7H2,1-3H3. The van der Waals surface area contributed by atoms with Gasteiger partial charge in [-0.15, -0.1) is 10.2 Å². The van der Waals surface area contributed by atoms with Gasteiger partial charge in [0.1, 0.15) is 0 Å². The summed E-state index contributed by atoms with van der Waals surface area (Å²) in [6.45, 7) is 5.17. The topological polar surface area (TPSA) is 47.0 Å². The molecule has 0 radical (unpaired) electrons. The zero-order valence-electron chi connectivity index (χ0n) is 13.0. The molecule has 0 spiro atoms. The van der Waals surface area contributed by atoms with Gasteiger partial charge >= 0.3 is 0 Å². The minimum atomic E-state index is 0.0604. The van der Waals surface area contributed by atoms with Crippen LogP contribution >= 0.6 is 0 Å². The van der Waals surface area contributed by atoms with Crippen LogP contribution in [-0.4, -0.2) is 23.9 Å². The molecule has 0 saturated heterocycles. The fourth-order valence-corrected chi connectivity index (χ4v) is 2.41. The van der Waals surface area contributed by atoms with Crippen molar-refractivity contribution in [3.8, 4) is 5.88 Å². The zero-order chi connectivity index (χ0) is 15.1. The first-order valence-corrected chi connectivity index (χ1v) is 7.48. The maximum Gasteiger partial charge on any atom is 0.233 e. The lowest BCUT2D eigenvalue weighted by atomic mass is 9.99. The van der Waals surface area contributed by atoms with E-state index in [2.05, 4.69) is 53.6 Å². The van der Waals surface area contributed by atoms with Crippen molar-refractivity contribution in [2.45, 2.75) is 32.7 Å². The summed E-state index contributed by atoms with van der Waals surface area (Å²) in [5.41, 5.74) is 3.49. The number of aromatic nitrogens is 2. The van der Waals surface area contributed by atoms with Crippen LogP contribution in [0.5, 0.6) is 5.88 Å². The van der Waals surface area contributed by atoms with Crippen LogP contribution in [0.25, 0.3) is 0 Å². The first kappa shape index (κ1) is 15.4. The van der Waals surface area contributed by atoms with Gasteiger partial charge in [-0.25, -0.2) is 0 Å². The van der Waals surface area contributed by atoms with Crippen LogP contribution in [0.15, 0.2) is 36.4 Å². The maximum atomic E-state index is 5.07. The fourth-order valence-electron chi connectivity index (χ4n) is 2.41. The number of ether oxygens (including phenoxy) is 1. The summed E-state index contributed by atoms with van der Waals surface area (Å²) in [5, 5.41) is 11.8. The maximum absolute atomic E-state index is 5.07. The predicted octanol–water partition coefficient (Wildman–Crippen LogP) is 3.14. The molecule has 1 N–H and O–H groups in total. The minimum absolute atomic E-state index is 0.0604. The number of hydrogen-bond acceptors (Lipinski definition) is 4. The van der Waals surface area contributed by atoms with Gasteiger partial charge in [0, 0.05) is 6.07 Å². The molecule has 4 nitrogen and oxygen atoms in total. The second-order valence-electron chi connectivity index (χ2n) is 4.99. The second-order valence-corrected chi connectivity index (χ2v) is 4.99. The van der Waals surface area contributed by atoms with Gasteiger partial charge in [0.25, 0.3) is 0 Å². The Kier molecular flexibility index (Phi) is 5.69. The molecule has 2 aromatic rings. The van der Waals surface area contributed by atoms with Crippen LogP contribution in [0, 0.1) is 0 Å². The Morgan fingerprint density at radius 3 is 2.62 bits per heavy atom. The number of hydrogen-bond donors (Lipinski definition) is 1. The molecule has 4 heteroatoms. The lowest BCUT2D eigenvalue weighted by molar-refractivity contribution is 0.390. The third-order valence-electron chi connectivity index (χ3n) is 3.40. The van der Waals surface area contributed by atoms with Gasteiger partial charge in [0.15, 0.2) is 0 Å². The molecule has 2 rings (SSSR count). The Balaban J connectivity index is 2.30. The molecule has 0 aliphatic heterocycles. The van der Waals surface area contributed by atoms with Crippen LogP contribution < -0.4 is 10.1 Å². The summed E-state index contributed by atoms with van der Waals surface area (Å²) in [6.07, 6.45) is 2.25. The Morgan fingerprint density at radius 1 is 1.14 bits per heavy atom. The number of methoxy groups -OCH3 is 1. The Hall–Kier alpha value is -1.94. The summed E-state index contributed by atoms with van der Waals surface area (Å²) in [5.74, 6) is 0.536. The van der Waals surface area contributed by atoms with E-state index in [4.69, 9.17) is 4.74 Å². The molecular weight excluding hydrogens is 262 g/mol. The normalized spacial score (nSPS) is 12.1. The van der Waals surface area contributed by atoms with Crippen LogP contribution in [0.3, 0.4) is 0 Å². The summed E-state index contributed by atoms with van der Waals surface area (Å²) >= 11 is 0. The van der Waals surface area contributed by atoms with Crippen molar-refractivity contribution in [1.82, 2.24) is 15.5 Å². The van der Waals surface area contributed by atoms with Crippen molar-refractivity contribution in [2.24, 2.45) is 0 Å². The van der Waals surface area contributed by atoms with E-state index >= 15 is 0 Å². The Labute approximate surface area is 126 Å². The molecule has 21 heavy (non-hydrogen) atoms. The van der Waals surface area contributed by atoms with E-state index in [0.29, 0.717) is 5.88 Å². The van der Waals surface area contributed by atoms with Crippen molar-refractivity contribution in [1.29, 1.82) is 0 Å². The molecule has 1 atom stereocenters. The average Bonchev–Trinajstić information content (AvgIpc) is 2.53. The number of rotatable bonds is 7. The molecule has 0 saturated carbocycles. The van der Waals surface area contributed by atoms with Gasteiger partial charge in [0.2, 0.25) is 5.88 Å². The van der Waals surface area contributed by atoms with E-state index in [1.807, 2.05) is 12.1 Å². The van der Waals surface area contributed by atoms with Crippen LogP contribution in [-0.2, 0) is 6.42 Å². The van der Waals surface area contributed by atoms with Crippen molar-refractivity contribution < 1.29 is 4.74 Å². The first-order valence-electron chi connectivity index (χ1n) is 7.48. The minimum Gasteiger partial charge on any atom is -0.480 e. The first-order chi connectivity index (χ1) is 10.3. The Morgan fingerprint density at radius 2 is 2.00 bits per heavy atom. The highest BCUT2D eigenvalue weighted by Gasteiger charge is 2.15. The van der Waals surface area contributed by atoms with Gasteiger partial charge in [-0.3, -0.25) is 0 Å². The largest absolute Gasteiger partial charge is 0.480 e. The Bertz CT molecular complexity index is 554. The third kappa shape index (κ3) is 4.02. The van der Waals surface area contributed by atoms with E-state index in [9.17, 15) is 0 Å². The lowest BCUT2D eigenvalue weighted by Gasteiger charge is -2.18. The monoisotopic (exact) mass is 285 g/mol. The smallest absolute Gasteiger partial charge is 0.233 e. The van der Waals surface area contributed by atoms with Crippen molar-refractivity contribution in [3.63, 3.8) is 0 Å². The summed E-state index contributed by atoms with van der Waals surface area (Å²) in [4.78, 5) is 0. The number of aryl methyl sites for hydroxylation is 1. The summed E-state index contributed by atoms with van der Waals surface area (Å²) < 4.78 is 5.07. The quantitative estimate of drug-likeness (QED) is 0.849. The van der Waals surface area contributed by atoms with Crippen molar-refractivity contribution in [2.75, 3.05) is 13.7 Å². The molecule has 0 aliphatic carbocycles. The molecule has 1 unspecified atom stereocenters. The average molecular weight is 285 g/mol. The molecule has 112 valence electrons. The summed E-state index contributed by atoms with van der Waals surface area (Å²) in [7, 11) is 1.60. The molecule has 1 heterocycles. The second kappa shape index (κ2) is 7.74. The number of nitrogens with one attached hydrogen (secondary N) is 1. The van der Waals surface area contributed by atoms with E-state index in [0.717, 1.165) is 25.1 Å². The SMILES string of the molecule is CCCc1cccc(C(NCC)c2ccc(OC)nn2)c1. The van der Waals surface area contributed by atoms with Gasteiger partial charge in [-0.05, 0) is 30.2 Å². The van der Waals surface area contributed by atoms with Crippen LogP contribution in [0.2, 0.25) is 0 Å². The highest BCUT2D eigenvalue weighted by atomic mass is 16.5. The molecular formula is C17H23N3O. The highest BCUT2D eigenvalue weighted by molar-refractivity contribution is 5.32. The lowest BCUT2D eigenvalue weighted by Crippen LogP contribution is -2.23. The molecule has 1 aromatic carbocycles. The van der Waals surface area contributed by atoms with E-state index in [1.165, 1.54) is 11.1 Å². The number of benzene rings is 1. The van der Waals surface area contributed by atoms with Gasteiger partial charge in [-0.1, -0.05) is 44.5 Å². The third-order valence-corrected chi connectivity index (χ3v) is 3.40. The van der Waals surface area contributed by atoms with Crippen molar-refractivity contribution >= 4 is 0 Å². The summed E-state index contributed by atoms with van der Waals surface area (Å²) in [6, 6.07) is 12.6. The van der Waals surface area contributed by atoms with E-state index in [1.54, 1.807) is 7.11 Å². The van der Waals surface area contributed by atoms with E-state index < -0.39 is 0 Å². The molecule has 0 aliphatic rings. The molecule has 1 aromatic heterocycles. The van der Waals surface area contributed by atoms with Gasteiger partial charge in [0.05, 0.1) is 18.8 Å². The van der Waals surface area contributed by atoms with Gasteiger partial charge in [-0.2, -0.15) is 0 Å². The van der Waals surface area contributed by atoms with Crippen LogP contribution in [0.1, 0.15) is 43.1 Å². The predicted molar refractivity (Wildman–Crippen MR) is 84.5 cm³/mol. The van der Waals surface area contributed by atoms with Crippen LogP contribution in [0.4, 0.5) is 0 Å². The van der Waals surface area contributed by atoms with Gasteiger partial charge < -0.3 is 10.1 Å². The fraction of sp³-hybridized carbons (Fsp3) is 0.412. The van der Waals surface area contributed by atoms with E-state index in [-0.39, 0.29) is 6.04 Å². The van der Waals surface area contributed by atoms with Crippen molar-refractivity contribution in [3.05, 3.63) is 53.2 Å². The molecule has 0 amide bonds. The zero-order valence-corrected chi connectivity index (χ0v) is 13.0. The number of nitrogens with zero attached hydrogens (tertiary/aromatic N) is 2. The molecule has 0 fully saturated rings. The molecule has 0 bridgehead atoms.